The Labute approximate surface area is 94.2 Å². The van der Waals surface area contributed by atoms with Crippen LogP contribution in [0.3, 0.4) is 0 Å². The lowest BCUT2D eigenvalue weighted by molar-refractivity contribution is 0.868. The van der Waals surface area contributed by atoms with Gasteiger partial charge in [0.05, 0.1) is 11.2 Å². The van der Waals surface area contributed by atoms with Crippen LogP contribution in [0.1, 0.15) is 31.0 Å². The van der Waals surface area contributed by atoms with Crippen molar-refractivity contribution >= 4 is 16.6 Å². The average molecular weight is 211 g/mol. The fourth-order valence-corrected chi connectivity index (χ4v) is 1.95. The largest absolute Gasteiger partial charge is 0.248 e. The van der Waals surface area contributed by atoms with Crippen molar-refractivity contribution in [1.29, 1.82) is 0 Å². The van der Waals surface area contributed by atoms with E-state index >= 15 is 0 Å². The van der Waals surface area contributed by atoms with Crippen LogP contribution in [-0.2, 0) is 6.54 Å². The predicted molar refractivity (Wildman–Crippen MR) is 64.1 cm³/mol. The third-order valence-corrected chi connectivity index (χ3v) is 2.96. The molecule has 0 amide bonds. The zero-order chi connectivity index (χ0) is 11.1. The van der Waals surface area contributed by atoms with Gasteiger partial charge < -0.3 is 0 Å². The van der Waals surface area contributed by atoms with Crippen LogP contribution in [0, 0.1) is 0 Å². The van der Waals surface area contributed by atoms with Crippen LogP contribution in [0.4, 0.5) is 5.69 Å². The normalized spacial score (nSPS) is 13.7. The molecule has 0 saturated carbocycles. The molecule has 0 radical (unpaired) electrons. The quantitative estimate of drug-likeness (QED) is 0.703. The van der Waals surface area contributed by atoms with Gasteiger partial charge in [-0.2, -0.15) is 10.2 Å². The summed E-state index contributed by atoms with van der Waals surface area (Å²) >= 11 is 0. The first-order valence-corrected chi connectivity index (χ1v) is 5.55. The highest BCUT2D eigenvalue weighted by Crippen LogP contribution is 2.30. The molecule has 1 aliphatic rings. The molecule has 1 aliphatic heterocycles. The average Bonchev–Trinajstić information content (AvgIpc) is 2.71. The summed E-state index contributed by atoms with van der Waals surface area (Å²) in [5.41, 5.74) is 4.29. The van der Waals surface area contributed by atoms with Crippen molar-refractivity contribution in [3.05, 3.63) is 35.5 Å². The third-order valence-electron chi connectivity index (χ3n) is 2.96. The fourth-order valence-electron chi connectivity index (χ4n) is 1.95. The van der Waals surface area contributed by atoms with E-state index in [2.05, 4.69) is 53.3 Å². The molecule has 0 unspecified atom stereocenters. The minimum absolute atomic E-state index is 0.536. The first-order chi connectivity index (χ1) is 7.74. The summed E-state index contributed by atoms with van der Waals surface area (Å²) in [5, 5.41) is 9.21. The minimum atomic E-state index is 0.536. The van der Waals surface area contributed by atoms with E-state index < -0.39 is 0 Å². The van der Waals surface area contributed by atoms with Crippen molar-refractivity contribution < 1.29 is 0 Å². The van der Waals surface area contributed by atoms with Crippen molar-refractivity contribution in [3.8, 4) is 0 Å². The molecule has 0 N–H and O–H groups in total. The monoisotopic (exact) mass is 211 g/mol. The second-order valence-corrected chi connectivity index (χ2v) is 4.46. The SMILES string of the molecule is CC(C)c1ccc2cc3c(nc2c1)CN=N3. The number of hydrogen-bond acceptors (Lipinski definition) is 3. The molecule has 0 atom stereocenters. The van der Waals surface area contributed by atoms with Crippen molar-refractivity contribution in [3.63, 3.8) is 0 Å². The van der Waals surface area contributed by atoms with Crippen LogP contribution in [0.2, 0.25) is 0 Å². The van der Waals surface area contributed by atoms with Crippen LogP contribution in [-0.4, -0.2) is 4.98 Å². The molecule has 0 fully saturated rings. The number of nitrogens with zero attached hydrogens (tertiary/aromatic N) is 3. The van der Waals surface area contributed by atoms with Gasteiger partial charge in [0.25, 0.3) is 0 Å². The van der Waals surface area contributed by atoms with Gasteiger partial charge in [-0.05, 0) is 23.6 Å². The van der Waals surface area contributed by atoms with E-state index in [4.69, 9.17) is 0 Å². The molecule has 0 aliphatic carbocycles. The van der Waals surface area contributed by atoms with E-state index in [1.54, 1.807) is 0 Å². The zero-order valence-electron chi connectivity index (χ0n) is 9.44. The predicted octanol–water partition coefficient (Wildman–Crippen LogP) is 3.96. The van der Waals surface area contributed by atoms with Crippen LogP contribution < -0.4 is 0 Å². The molecule has 2 aromatic rings. The maximum Gasteiger partial charge on any atom is 0.109 e. The summed E-state index contributed by atoms with van der Waals surface area (Å²) in [6, 6.07) is 8.51. The number of fused-ring (bicyclic) bond motifs is 2. The lowest BCUT2D eigenvalue weighted by Gasteiger charge is -2.07. The molecule has 3 nitrogen and oxygen atoms in total. The Balaban J connectivity index is 2.22. The summed E-state index contributed by atoms with van der Waals surface area (Å²) in [6.07, 6.45) is 0. The van der Waals surface area contributed by atoms with Gasteiger partial charge in [-0.25, -0.2) is 4.98 Å². The van der Waals surface area contributed by atoms with Gasteiger partial charge in [-0.1, -0.05) is 26.0 Å². The molecule has 3 rings (SSSR count). The highest BCUT2D eigenvalue weighted by molar-refractivity contribution is 5.83. The lowest BCUT2D eigenvalue weighted by atomic mass is 10.0. The topological polar surface area (TPSA) is 37.6 Å². The van der Waals surface area contributed by atoms with E-state index in [-0.39, 0.29) is 0 Å². The standard InChI is InChI=1S/C13H13N3/c1-8(2)9-3-4-10-6-12-13(7-14-16-12)15-11(10)5-9/h3-6,8H,7H2,1-2H3. The molecule has 1 aromatic heterocycles. The van der Waals surface area contributed by atoms with E-state index in [1.165, 1.54) is 5.56 Å². The van der Waals surface area contributed by atoms with Gasteiger partial charge in [-0.15, -0.1) is 0 Å². The fraction of sp³-hybridized carbons (Fsp3) is 0.308. The van der Waals surface area contributed by atoms with Crippen molar-refractivity contribution in [1.82, 2.24) is 4.98 Å². The molecule has 1 aromatic carbocycles. The lowest BCUT2D eigenvalue weighted by Crippen LogP contribution is -1.90. The number of hydrogen-bond donors (Lipinski definition) is 0. The number of pyridine rings is 1. The van der Waals surface area contributed by atoms with Crippen molar-refractivity contribution in [2.45, 2.75) is 26.3 Å². The molecule has 2 heterocycles. The summed E-state index contributed by atoms with van der Waals surface area (Å²) in [7, 11) is 0. The minimum Gasteiger partial charge on any atom is -0.248 e. The van der Waals surface area contributed by atoms with Crippen molar-refractivity contribution in [2.24, 2.45) is 10.2 Å². The number of azo groups is 1. The van der Waals surface area contributed by atoms with Crippen LogP contribution in [0.5, 0.6) is 0 Å². The highest BCUT2D eigenvalue weighted by atomic mass is 15.1. The van der Waals surface area contributed by atoms with Gasteiger partial charge in [0.15, 0.2) is 0 Å². The van der Waals surface area contributed by atoms with Gasteiger partial charge in [0.2, 0.25) is 0 Å². The number of aromatic nitrogens is 1. The summed E-state index contributed by atoms with van der Waals surface area (Å²) < 4.78 is 0. The first kappa shape index (κ1) is 9.46. The summed E-state index contributed by atoms with van der Waals surface area (Å²) in [6.45, 7) is 5.01. The Hall–Kier alpha value is -1.77. The van der Waals surface area contributed by atoms with Crippen molar-refractivity contribution in [2.75, 3.05) is 0 Å². The Morgan fingerprint density at radius 3 is 2.88 bits per heavy atom. The molecule has 3 heteroatoms. The highest BCUT2D eigenvalue weighted by Gasteiger charge is 2.11. The maximum absolute atomic E-state index is 4.61. The molecular weight excluding hydrogens is 198 g/mol. The van der Waals surface area contributed by atoms with Gasteiger partial charge in [0.1, 0.15) is 12.2 Å². The Morgan fingerprint density at radius 1 is 1.19 bits per heavy atom. The molecule has 80 valence electrons. The van der Waals surface area contributed by atoms with Gasteiger partial charge in [-0.3, -0.25) is 0 Å². The van der Waals surface area contributed by atoms with Crippen LogP contribution >= 0.6 is 0 Å². The summed E-state index contributed by atoms with van der Waals surface area (Å²) in [5.74, 6) is 0.536. The molecular formula is C13H13N3. The van der Waals surface area contributed by atoms with Gasteiger partial charge in [0, 0.05) is 5.39 Å². The molecule has 0 spiro atoms. The van der Waals surface area contributed by atoms with E-state index in [0.717, 1.165) is 22.3 Å². The molecule has 0 saturated heterocycles. The molecule has 16 heavy (non-hydrogen) atoms. The van der Waals surface area contributed by atoms with E-state index in [1.807, 2.05) is 0 Å². The van der Waals surface area contributed by atoms with Gasteiger partial charge >= 0.3 is 0 Å². The smallest absolute Gasteiger partial charge is 0.109 e. The Kier molecular flexibility index (Phi) is 1.99. The zero-order valence-corrected chi connectivity index (χ0v) is 9.44. The maximum atomic E-state index is 4.61. The summed E-state index contributed by atoms with van der Waals surface area (Å²) in [4.78, 5) is 4.61. The number of rotatable bonds is 1. The first-order valence-electron chi connectivity index (χ1n) is 5.55. The molecule has 0 bridgehead atoms. The van der Waals surface area contributed by atoms with Crippen LogP contribution in [0.15, 0.2) is 34.5 Å². The Bertz CT molecular complexity index is 585. The second-order valence-electron chi connectivity index (χ2n) is 4.46. The van der Waals surface area contributed by atoms with E-state index in [0.29, 0.717) is 12.5 Å². The third kappa shape index (κ3) is 1.40. The second kappa shape index (κ2) is 3.37. The van der Waals surface area contributed by atoms with Crippen LogP contribution in [0.25, 0.3) is 10.9 Å². The number of benzene rings is 1. The van der Waals surface area contributed by atoms with E-state index in [9.17, 15) is 0 Å². The Morgan fingerprint density at radius 2 is 2.06 bits per heavy atom.